The van der Waals surface area contributed by atoms with Crippen molar-refractivity contribution in [3.05, 3.63) is 53.6 Å². The van der Waals surface area contributed by atoms with Gasteiger partial charge in [0.25, 0.3) is 0 Å². The van der Waals surface area contributed by atoms with Crippen molar-refractivity contribution in [1.29, 1.82) is 0 Å². The van der Waals surface area contributed by atoms with Gasteiger partial charge in [-0.05, 0) is 48.7 Å². The van der Waals surface area contributed by atoms with Crippen molar-refractivity contribution in [3.63, 3.8) is 0 Å². The van der Waals surface area contributed by atoms with Gasteiger partial charge in [-0.15, -0.1) is 0 Å². The predicted molar refractivity (Wildman–Crippen MR) is 92.6 cm³/mol. The van der Waals surface area contributed by atoms with Gasteiger partial charge in [-0.3, -0.25) is 0 Å². The summed E-state index contributed by atoms with van der Waals surface area (Å²) in [6.07, 6.45) is 1.81. The quantitative estimate of drug-likeness (QED) is 0.722. The Morgan fingerprint density at radius 3 is 2.26 bits per heavy atom. The molecule has 0 bridgehead atoms. The normalized spacial score (nSPS) is 10.4. The van der Waals surface area contributed by atoms with Crippen LogP contribution >= 0.6 is 0 Å². The zero-order valence-electron chi connectivity index (χ0n) is 13.9. The predicted octanol–water partition coefficient (Wildman–Crippen LogP) is 3.22. The number of methoxy groups -OCH3 is 1. The van der Waals surface area contributed by atoms with Gasteiger partial charge < -0.3 is 19.9 Å². The summed E-state index contributed by atoms with van der Waals surface area (Å²) in [5, 5.41) is 0. The van der Waals surface area contributed by atoms with Gasteiger partial charge in [0.15, 0.2) is 0 Å². The van der Waals surface area contributed by atoms with Crippen LogP contribution in [0.5, 0.6) is 17.2 Å². The lowest BCUT2D eigenvalue weighted by atomic mass is 10.1. The third kappa shape index (κ3) is 5.18. The molecule has 0 atom stereocenters. The van der Waals surface area contributed by atoms with Crippen LogP contribution in [0.25, 0.3) is 0 Å². The fraction of sp³-hybridized carbons (Fsp3) is 0.368. The Hall–Kier alpha value is -2.20. The van der Waals surface area contributed by atoms with Crippen LogP contribution in [0.1, 0.15) is 18.1 Å². The van der Waals surface area contributed by atoms with Crippen molar-refractivity contribution in [3.8, 4) is 17.2 Å². The molecule has 0 amide bonds. The van der Waals surface area contributed by atoms with Gasteiger partial charge in [0.1, 0.15) is 30.5 Å². The van der Waals surface area contributed by atoms with Gasteiger partial charge in [0.2, 0.25) is 0 Å². The van der Waals surface area contributed by atoms with Crippen LogP contribution in [0.15, 0.2) is 42.5 Å². The van der Waals surface area contributed by atoms with Crippen molar-refractivity contribution >= 4 is 0 Å². The maximum atomic E-state index is 5.84. The molecule has 2 N–H and O–H groups in total. The van der Waals surface area contributed by atoms with Crippen LogP contribution in [-0.4, -0.2) is 26.9 Å². The molecule has 2 aromatic rings. The Morgan fingerprint density at radius 2 is 1.61 bits per heavy atom. The van der Waals surface area contributed by atoms with Crippen LogP contribution < -0.4 is 19.9 Å². The van der Waals surface area contributed by atoms with Gasteiger partial charge in [-0.25, -0.2) is 0 Å². The van der Waals surface area contributed by atoms with E-state index < -0.39 is 0 Å². The maximum Gasteiger partial charge on any atom is 0.126 e. The van der Waals surface area contributed by atoms with E-state index in [2.05, 4.69) is 19.1 Å². The minimum absolute atomic E-state index is 0.472. The molecule has 0 saturated carbocycles. The average molecular weight is 315 g/mol. The van der Waals surface area contributed by atoms with Crippen molar-refractivity contribution in [2.45, 2.75) is 19.8 Å². The number of nitrogens with two attached hydrogens (primary N) is 1. The third-order valence-electron chi connectivity index (χ3n) is 3.63. The first-order chi connectivity index (χ1) is 11.3. The van der Waals surface area contributed by atoms with Crippen LogP contribution in [0.2, 0.25) is 0 Å². The van der Waals surface area contributed by atoms with E-state index in [-0.39, 0.29) is 0 Å². The van der Waals surface area contributed by atoms with E-state index in [4.69, 9.17) is 19.9 Å². The second kappa shape index (κ2) is 9.06. The first kappa shape index (κ1) is 17.2. The fourth-order valence-corrected chi connectivity index (χ4v) is 2.29. The zero-order valence-corrected chi connectivity index (χ0v) is 13.9. The van der Waals surface area contributed by atoms with E-state index >= 15 is 0 Å². The molecule has 0 aromatic heterocycles. The Morgan fingerprint density at radius 1 is 0.913 bits per heavy atom. The van der Waals surface area contributed by atoms with Crippen molar-refractivity contribution in [1.82, 2.24) is 0 Å². The summed E-state index contributed by atoms with van der Waals surface area (Å²) >= 11 is 0. The molecule has 4 heteroatoms. The maximum absolute atomic E-state index is 5.84. The lowest BCUT2D eigenvalue weighted by Gasteiger charge is -2.13. The summed E-state index contributed by atoms with van der Waals surface area (Å²) < 4.78 is 16.8. The second-order valence-electron chi connectivity index (χ2n) is 5.21. The average Bonchev–Trinajstić information content (AvgIpc) is 2.60. The first-order valence-corrected chi connectivity index (χ1v) is 7.98. The molecule has 2 rings (SSSR count). The lowest BCUT2D eigenvalue weighted by Crippen LogP contribution is -2.11. The number of hydrogen-bond donors (Lipinski definition) is 1. The van der Waals surface area contributed by atoms with Gasteiger partial charge in [-0.1, -0.05) is 25.1 Å². The molecule has 0 aliphatic heterocycles. The number of rotatable bonds is 9. The van der Waals surface area contributed by atoms with E-state index in [1.165, 1.54) is 5.56 Å². The molecule has 0 heterocycles. The minimum atomic E-state index is 0.472. The van der Waals surface area contributed by atoms with Gasteiger partial charge in [0, 0.05) is 6.07 Å². The summed E-state index contributed by atoms with van der Waals surface area (Å²) in [6.45, 7) is 3.69. The summed E-state index contributed by atoms with van der Waals surface area (Å²) in [4.78, 5) is 0. The molecular formula is C19H25NO3. The summed E-state index contributed by atoms with van der Waals surface area (Å²) in [5.41, 5.74) is 8.03. The van der Waals surface area contributed by atoms with E-state index in [1.807, 2.05) is 30.3 Å². The smallest absolute Gasteiger partial charge is 0.126 e. The molecule has 0 aliphatic rings. The summed E-state index contributed by atoms with van der Waals surface area (Å²) in [5.74, 6) is 2.44. The zero-order chi connectivity index (χ0) is 16.5. The number of aryl methyl sites for hydroxylation is 1. The largest absolute Gasteiger partial charge is 0.497 e. The lowest BCUT2D eigenvalue weighted by molar-refractivity contribution is 0.215. The molecule has 4 nitrogen and oxygen atoms in total. The molecule has 23 heavy (non-hydrogen) atoms. The molecule has 0 spiro atoms. The summed E-state index contributed by atoms with van der Waals surface area (Å²) in [7, 11) is 1.64. The molecule has 0 saturated heterocycles. The highest BCUT2D eigenvalue weighted by Crippen LogP contribution is 2.25. The first-order valence-electron chi connectivity index (χ1n) is 7.98. The number of ether oxygens (including phenoxy) is 3. The number of benzene rings is 2. The molecule has 0 fully saturated rings. The van der Waals surface area contributed by atoms with Crippen LogP contribution in [0.4, 0.5) is 0 Å². The second-order valence-corrected chi connectivity index (χ2v) is 5.21. The third-order valence-corrected chi connectivity index (χ3v) is 3.63. The standard InChI is InChI=1S/C19H25NO3/c1-3-15-4-7-17(8-5-15)22-12-13-23-19-14-18(21-2)9-6-16(19)10-11-20/h4-9,14H,3,10-13,20H2,1-2H3. The number of hydrogen-bond acceptors (Lipinski definition) is 4. The van der Waals surface area contributed by atoms with E-state index in [0.29, 0.717) is 19.8 Å². The van der Waals surface area contributed by atoms with Crippen molar-refractivity contribution in [2.24, 2.45) is 5.73 Å². The minimum Gasteiger partial charge on any atom is -0.497 e. The monoisotopic (exact) mass is 315 g/mol. The van der Waals surface area contributed by atoms with Gasteiger partial charge in [0.05, 0.1) is 7.11 Å². The van der Waals surface area contributed by atoms with Crippen molar-refractivity contribution in [2.75, 3.05) is 26.9 Å². The van der Waals surface area contributed by atoms with Gasteiger partial charge in [-0.2, -0.15) is 0 Å². The Labute approximate surface area is 138 Å². The van der Waals surface area contributed by atoms with E-state index in [1.54, 1.807) is 7.11 Å². The van der Waals surface area contributed by atoms with Crippen LogP contribution in [-0.2, 0) is 12.8 Å². The Balaban J connectivity index is 1.87. The molecule has 0 unspecified atom stereocenters. The topological polar surface area (TPSA) is 53.7 Å². The van der Waals surface area contributed by atoms with Crippen LogP contribution in [0.3, 0.4) is 0 Å². The van der Waals surface area contributed by atoms with Crippen LogP contribution in [0, 0.1) is 0 Å². The molecule has 0 radical (unpaired) electrons. The van der Waals surface area contributed by atoms with Crippen molar-refractivity contribution < 1.29 is 14.2 Å². The Bertz CT molecular complexity index is 596. The molecule has 0 aliphatic carbocycles. The Kier molecular flexibility index (Phi) is 6.76. The fourth-order valence-electron chi connectivity index (χ4n) is 2.29. The van der Waals surface area contributed by atoms with E-state index in [9.17, 15) is 0 Å². The SMILES string of the molecule is CCc1ccc(OCCOc2cc(OC)ccc2CCN)cc1. The van der Waals surface area contributed by atoms with E-state index in [0.717, 1.165) is 35.7 Å². The highest BCUT2D eigenvalue weighted by Gasteiger charge is 2.05. The molecule has 2 aromatic carbocycles. The highest BCUT2D eigenvalue weighted by molar-refractivity contribution is 5.41. The molecular weight excluding hydrogens is 290 g/mol. The highest BCUT2D eigenvalue weighted by atomic mass is 16.5. The molecule has 124 valence electrons. The summed E-state index contributed by atoms with van der Waals surface area (Å²) in [6, 6.07) is 13.9. The van der Waals surface area contributed by atoms with Gasteiger partial charge >= 0.3 is 0 Å².